The van der Waals surface area contributed by atoms with Crippen LogP contribution in [0.4, 0.5) is 13.2 Å². The van der Waals surface area contributed by atoms with Crippen molar-refractivity contribution in [3.8, 4) is 0 Å². The van der Waals surface area contributed by atoms with Gasteiger partial charge >= 0.3 is 6.18 Å². The van der Waals surface area contributed by atoms with Gasteiger partial charge in [-0.1, -0.05) is 39.7 Å². The fraction of sp³-hybridized carbons (Fsp3) is 0.133. The maximum absolute atomic E-state index is 12.4. The van der Waals surface area contributed by atoms with E-state index < -0.39 is 11.7 Å². The fourth-order valence-corrected chi connectivity index (χ4v) is 2.59. The summed E-state index contributed by atoms with van der Waals surface area (Å²) in [6.07, 6.45) is -4.38. The Morgan fingerprint density at radius 2 is 1.71 bits per heavy atom. The van der Waals surface area contributed by atoms with Crippen LogP contribution in [-0.4, -0.2) is 5.78 Å². The van der Waals surface area contributed by atoms with E-state index in [0.717, 1.165) is 16.6 Å². The van der Waals surface area contributed by atoms with Crippen LogP contribution in [0.25, 0.3) is 0 Å². The molecular weight excluding hydrogens is 369 g/mol. The number of ketones is 1. The van der Waals surface area contributed by atoms with Crippen LogP contribution in [0.3, 0.4) is 0 Å². The Labute approximate surface area is 132 Å². The molecule has 2 rings (SSSR count). The number of alkyl halides is 3. The van der Waals surface area contributed by atoms with Crippen molar-refractivity contribution < 1.29 is 18.0 Å². The monoisotopic (exact) mass is 376 g/mol. The third-order valence-corrected chi connectivity index (χ3v) is 3.68. The second-order valence-electron chi connectivity index (χ2n) is 4.42. The van der Waals surface area contributed by atoms with Crippen LogP contribution in [0, 0.1) is 0 Å². The molecule has 0 fully saturated rings. The first kappa shape index (κ1) is 16.0. The molecule has 0 radical (unpaired) electrons. The van der Waals surface area contributed by atoms with Crippen molar-refractivity contribution >= 4 is 33.3 Å². The summed E-state index contributed by atoms with van der Waals surface area (Å²) in [5.41, 5.74) is 0.118. The van der Waals surface area contributed by atoms with Gasteiger partial charge < -0.3 is 0 Å². The molecule has 1 nitrogen and oxygen atoms in total. The Morgan fingerprint density at radius 1 is 1.10 bits per heavy atom. The highest BCUT2D eigenvalue weighted by Crippen LogP contribution is 2.29. The highest BCUT2D eigenvalue weighted by atomic mass is 79.9. The van der Waals surface area contributed by atoms with Gasteiger partial charge in [0.25, 0.3) is 0 Å². The SMILES string of the molecule is O=C(Cc1ccc(C(F)(F)F)cc1)c1ccc(Br)cc1Cl. The molecule has 0 heterocycles. The Morgan fingerprint density at radius 3 is 2.24 bits per heavy atom. The zero-order valence-corrected chi connectivity index (χ0v) is 12.9. The number of carbonyl (C=O) groups is 1. The van der Waals surface area contributed by atoms with E-state index in [4.69, 9.17) is 11.6 Å². The second kappa shape index (κ2) is 6.20. The molecule has 0 aromatic heterocycles. The van der Waals surface area contributed by atoms with Gasteiger partial charge in [0.2, 0.25) is 0 Å². The van der Waals surface area contributed by atoms with Crippen LogP contribution in [0.5, 0.6) is 0 Å². The Hall–Kier alpha value is -1.33. The largest absolute Gasteiger partial charge is 0.416 e. The van der Waals surface area contributed by atoms with Gasteiger partial charge in [-0.3, -0.25) is 4.79 Å². The Kier molecular flexibility index (Phi) is 4.74. The van der Waals surface area contributed by atoms with Crippen molar-refractivity contribution in [3.05, 3.63) is 68.7 Å². The van der Waals surface area contributed by atoms with Gasteiger partial charge in [0, 0.05) is 16.5 Å². The topological polar surface area (TPSA) is 17.1 Å². The smallest absolute Gasteiger partial charge is 0.294 e. The van der Waals surface area contributed by atoms with E-state index in [-0.39, 0.29) is 12.2 Å². The lowest BCUT2D eigenvalue weighted by Gasteiger charge is -2.08. The van der Waals surface area contributed by atoms with Crippen LogP contribution in [-0.2, 0) is 12.6 Å². The summed E-state index contributed by atoms with van der Waals surface area (Å²) in [4.78, 5) is 12.1. The molecule has 0 saturated heterocycles. The van der Waals surface area contributed by atoms with Crippen LogP contribution in [0.2, 0.25) is 5.02 Å². The molecule has 0 bridgehead atoms. The normalized spacial score (nSPS) is 11.5. The standard InChI is InChI=1S/C15H9BrClF3O/c16-11-5-6-12(13(17)8-11)14(21)7-9-1-3-10(4-2-9)15(18,19)20/h1-6,8H,7H2. The maximum Gasteiger partial charge on any atom is 0.416 e. The van der Waals surface area contributed by atoms with Crippen molar-refractivity contribution in [2.24, 2.45) is 0 Å². The predicted octanol–water partition coefficient (Wildman–Crippen LogP) is 5.55. The van der Waals surface area contributed by atoms with E-state index in [1.165, 1.54) is 12.1 Å². The molecule has 0 N–H and O–H groups in total. The number of hydrogen-bond donors (Lipinski definition) is 0. The molecule has 2 aromatic carbocycles. The zero-order valence-electron chi connectivity index (χ0n) is 10.5. The number of hydrogen-bond acceptors (Lipinski definition) is 1. The van der Waals surface area contributed by atoms with Gasteiger partial charge in [-0.2, -0.15) is 13.2 Å². The quantitative estimate of drug-likeness (QED) is 0.641. The number of benzene rings is 2. The third kappa shape index (κ3) is 4.08. The minimum Gasteiger partial charge on any atom is -0.294 e. The van der Waals surface area contributed by atoms with E-state index >= 15 is 0 Å². The zero-order chi connectivity index (χ0) is 15.6. The summed E-state index contributed by atoms with van der Waals surface area (Å²) in [5, 5.41) is 0.307. The maximum atomic E-state index is 12.4. The molecule has 0 unspecified atom stereocenters. The number of rotatable bonds is 3. The van der Waals surface area contributed by atoms with Crippen molar-refractivity contribution in [1.29, 1.82) is 0 Å². The first-order valence-electron chi connectivity index (χ1n) is 5.92. The molecule has 0 aliphatic carbocycles. The van der Waals surface area contributed by atoms with Crippen LogP contribution in [0.1, 0.15) is 21.5 Å². The first-order valence-corrected chi connectivity index (χ1v) is 7.09. The first-order chi connectivity index (χ1) is 9.77. The molecule has 0 atom stereocenters. The van der Waals surface area contributed by atoms with Crippen LogP contribution >= 0.6 is 27.5 Å². The highest BCUT2D eigenvalue weighted by molar-refractivity contribution is 9.10. The van der Waals surface area contributed by atoms with Crippen molar-refractivity contribution in [2.45, 2.75) is 12.6 Å². The molecule has 2 aromatic rings. The summed E-state index contributed by atoms with van der Waals surface area (Å²) in [7, 11) is 0. The predicted molar refractivity (Wildman–Crippen MR) is 78.6 cm³/mol. The van der Waals surface area contributed by atoms with Crippen LogP contribution in [0.15, 0.2) is 46.9 Å². The molecule has 6 heteroatoms. The van der Waals surface area contributed by atoms with Crippen molar-refractivity contribution in [1.82, 2.24) is 0 Å². The summed E-state index contributed by atoms with van der Waals surface area (Å²) in [6.45, 7) is 0. The summed E-state index contributed by atoms with van der Waals surface area (Å²) in [5.74, 6) is -0.243. The minimum absolute atomic E-state index is 0.000506. The second-order valence-corrected chi connectivity index (χ2v) is 5.74. The lowest BCUT2D eigenvalue weighted by atomic mass is 10.0. The number of halogens is 5. The molecular formula is C15H9BrClF3O. The van der Waals surface area contributed by atoms with E-state index in [9.17, 15) is 18.0 Å². The third-order valence-electron chi connectivity index (χ3n) is 2.88. The average Bonchev–Trinajstić information content (AvgIpc) is 2.38. The molecule has 0 aliphatic rings. The number of carbonyl (C=O) groups excluding carboxylic acids is 1. The van der Waals surface area contributed by atoms with E-state index in [1.54, 1.807) is 18.2 Å². The fourth-order valence-electron chi connectivity index (χ4n) is 1.81. The Balaban J connectivity index is 2.16. The van der Waals surface area contributed by atoms with Crippen molar-refractivity contribution in [3.63, 3.8) is 0 Å². The van der Waals surface area contributed by atoms with E-state index in [0.29, 0.717) is 16.1 Å². The lowest BCUT2D eigenvalue weighted by Crippen LogP contribution is -2.07. The summed E-state index contributed by atoms with van der Waals surface area (Å²) < 4.78 is 38.1. The molecule has 0 spiro atoms. The molecule has 110 valence electrons. The summed E-state index contributed by atoms with van der Waals surface area (Å²) in [6, 6.07) is 9.39. The molecule has 0 aliphatic heterocycles. The van der Waals surface area contributed by atoms with Crippen LogP contribution < -0.4 is 0 Å². The van der Waals surface area contributed by atoms with E-state index in [1.807, 2.05) is 0 Å². The van der Waals surface area contributed by atoms with Gasteiger partial charge in [0.1, 0.15) is 0 Å². The van der Waals surface area contributed by atoms with Gasteiger partial charge in [-0.05, 0) is 35.9 Å². The van der Waals surface area contributed by atoms with Gasteiger partial charge in [0.05, 0.1) is 10.6 Å². The molecule has 0 amide bonds. The van der Waals surface area contributed by atoms with Gasteiger partial charge in [0.15, 0.2) is 5.78 Å². The summed E-state index contributed by atoms with van der Waals surface area (Å²) >= 11 is 9.21. The van der Waals surface area contributed by atoms with Gasteiger partial charge in [-0.25, -0.2) is 0 Å². The average molecular weight is 378 g/mol. The van der Waals surface area contributed by atoms with E-state index in [2.05, 4.69) is 15.9 Å². The minimum atomic E-state index is -4.38. The lowest BCUT2D eigenvalue weighted by molar-refractivity contribution is -0.137. The highest BCUT2D eigenvalue weighted by Gasteiger charge is 2.30. The van der Waals surface area contributed by atoms with Gasteiger partial charge in [-0.15, -0.1) is 0 Å². The molecule has 0 saturated carbocycles. The van der Waals surface area contributed by atoms with Crippen molar-refractivity contribution in [2.75, 3.05) is 0 Å². The Bertz CT molecular complexity index is 666. The molecule has 21 heavy (non-hydrogen) atoms. The number of Topliss-reactive ketones (excluding diaryl/α,β-unsaturated/α-hetero) is 1.